The van der Waals surface area contributed by atoms with Gasteiger partial charge in [0.15, 0.2) is 0 Å². The van der Waals surface area contributed by atoms with Crippen molar-refractivity contribution in [1.82, 2.24) is 4.98 Å². The zero-order chi connectivity index (χ0) is 17.9. The van der Waals surface area contributed by atoms with Crippen LogP contribution < -0.4 is 15.0 Å². The van der Waals surface area contributed by atoms with Crippen molar-refractivity contribution in [3.8, 4) is 5.75 Å². The number of aromatic amines is 1. The maximum absolute atomic E-state index is 12.8. The van der Waals surface area contributed by atoms with Gasteiger partial charge < -0.3 is 24.7 Å². The van der Waals surface area contributed by atoms with Gasteiger partial charge in [-0.05, 0) is 36.4 Å². The van der Waals surface area contributed by atoms with Crippen molar-refractivity contribution in [3.05, 3.63) is 54.2 Å². The van der Waals surface area contributed by atoms with Gasteiger partial charge in [0.25, 0.3) is 5.91 Å². The molecule has 1 aromatic heterocycles. The van der Waals surface area contributed by atoms with Crippen LogP contribution in [0.25, 0.3) is 10.9 Å². The summed E-state index contributed by atoms with van der Waals surface area (Å²) < 4.78 is 10.7. The number of amides is 1. The van der Waals surface area contributed by atoms with E-state index < -0.39 is 0 Å². The van der Waals surface area contributed by atoms with Crippen LogP contribution in [0.4, 0.5) is 11.4 Å². The molecule has 0 bridgehead atoms. The minimum absolute atomic E-state index is 0.166. The normalized spacial score (nSPS) is 14.4. The fourth-order valence-corrected chi connectivity index (χ4v) is 3.21. The van der Waals surface area contributed by atoms with Gasteiger partial charge in [0.2, 0.25) is 0 Å². The van der Waals surface area contributed by atoms with Crippen LogP contribution in [0.2, 0.25) is 0 Å². The van der Waals surface area contributed by atoms with E-state index in [-0.39, 0.29) is 5.91 Å². The van der Waals surface area contributed by atoms with Gasteiger partial charge >= 0.3 is 0 Å². The summed E-state index contributed by atoms with van der Waals surface area (Å²) in [5, 5.41) is 3.97. The number of aromatic nitrogens is 1. The second-order valence-electron chi connectivity index (χ2n) is 6.21. The number of nitrogens with zero attached hydrogens (tertiary/aromatic N) is 1. The number of methoxy groups -OCH3 is 1. The molecule has 1 aliphatic heterocycles. The smallest absolute Gasteiger partial charge is 0.272 e. The van der Waals surface area contributed by atoms with Crippen molar-refractivity contribution in [2.45, 2.75) is 0 Å². The molecule has 2 N–H and O–H groups in total. The summed E-state index contributed by atoms with van der Waals surface area (Å²) in [4.78, 5) is 18.2. The number of anilines is 2. The molecule has 26 heavy (non-hydrogen) atoms. The molecular formula is C20H21N3O3. The van der Waals surface area contributed by atoms with Gasteiger partial charge in [-0.1, -0.05) is 12.1 Å². The van der Waals surface area contributed by atoms with Crippen molar-refractivity contribution in [2.24, 2.45) is 0 Å². The molecule has 0 atom stereocenters. The molecule has 4 rings (SSSR count). The Balaban J connectivity index is 1.58. The Kier molecular flexibility index (Phi) is 4.50. The Hall–Kier alpha value is -2.99. The van der Waals surface area contributed by atoms with Crippen LogP contribution in [-0.4, -0.2) is 44.3 Å². The predicted molar refractivity (Wildman–Crippen MR) is 102 cm³/mol. The molecule has 6 heteroatoms. The van der Waals surface area contributed by atoms with E-state index in [0.717, 1.165) is 41.1 Å². The SMILES string of the molecule is COc1ccc2[nH]c(C(=O)Nc3ccccc3N3CCOCC3)cc2c1. The van der Waals surface area contributed by atoms with E-state index in [9.17, 15) is 4.79 Å². The average Bonchev–Trinajstić information content (AvgIpc) is 3.12. The quantitative estimate of drug-likeness (QED) is 0.757. The molecule has 1 fully saturated rings. The number of rotatable bonds is 4. The molecule has 1 saturated heterocycles. The Labute approximate surface area is 151 Å². The standard InChI is InChI=1S/C20H21N3O3/c1-25-15-6-7-16-14(12-15)13-18(21-16)20(24)22-17-4-2-3-5-19(17)23-8-10-26-11-9-23/h2-7,12-13,21H,8-11H2,1H3,(H,22,24). The third-order valence-corrected chi connectivity index (χ3v) is 4.58. The summed E-state index contributed by atoms with van der Waals surface area (Å²) >= 11 is 0. The molecule has 0 radical (unpaired) electrons. The summed E-state index contributed by atoms with van der Waals surface area (Å²) in [6.45, 7) is 3.04. The predicted octanol–water partition coefficient (Wildman–Crippen LogP) is 3.27. The molecule has 0 aliphatic carbocycles. The molecule has 0 spiro atoms. The zero-order valence-electron chi connectivity index (χ0n) is 14.6. The van der Waals surface area contributed by atoms with Crippen LogP contribution in [0, 0.1) is 0 Å². The Morgan fingerprint density at radius 1 is 1.15 bits per heavy atom. The van der Waals surface area contributed by atoms with E-state index in [1.54, 1.807) is 7.11 Å². The van der Waals surface area contributed by atoms with E-state index >= 15 is 0 Å². The number of hydrogen-bond acceptors (Lipinski definition) is 4. The monoisotopic (exact) mass is 351 g/mol. The van der Waals surface area contributed by atoms with Gasteiger partial charge in [-0.3, -0.25) is 4.79 Å². The van der Waals surface area contributed by atoms with E-state index in [4.69, 9.17) is 9.47 Å². The summed E-state index contributed by atoms with van der Waals surface area (Å²) in [6.07, 6.45) is 0. The summed E-state index contributed by atoms with van der Waals surface area (Å²) in [5.74, 6) is 0.599. The first kappa shape index (κ1) is 16.5. The van der Waals surface area contributed by atoms with Crippen molar-refractivity contribution in [3.63, 3.8) is 0 Å². The third-order valence-electron chi connectivity index (χ3n) is 4.58. The van der Waals surface area contributed by atoms with Crippen LogP contribution in [-0.2, 0) is 4.74 Å². The maximum atomic E-state index is 12.8. The lowest BCUT2D eigenvalue weighted by atomic mass is 10.2. The second kappa shape index (κ2) is 7.09. The van der Waals surface area contributed by atoms with Gasteiger partial charge in [-0.15, -0.1) is 0 Å². The van der Waals surface area contributed by atoms with Gasteiger partial charge in [0.05, 0.1) is 31.7 Å². The van der Waals surface area contributed by atoms with Gasteiger partial charge in [0.1, 0.15) is 11.4 Å². The van der Waals surface area contributed by atoms with E-state index in [1.165, 1.54) is 0 Å². The van der Waals surface area contributed by atoms with E-state index in [1.807, 2.05) is 48.5 Å². The molecule has 1 aliphatic rings. The van der Waals surface area contributed by atoms with Crippen molar-refractivity contribution in [1.29, 1.82) is 0 Å². The minimum Gasteiger partial charge on any atom is -0.497 e. The van der Waals surface area contributed by atoms with E-state index in [2.05, 4.69) is 15.2 Å². The molecule has 6 nitrogen and oxygen atoms in total. The molecule has 134 valence electrons. The Morgan fingerprint density at radius 2 is 1.96 bits per heavy atom. The third kappa shape index (κ3) is 3.23. The van der Waals surface area contributed by atoms with Crippen molar-refractivity contribution >= 4 is 28.2 Å². The van der Waals surface area contributed by atoms with Gasteiger partial charge in [-0.2, -0.15) is 0 Å². The topological polar surface area (TPSA) is 66.6 Å². The molecule has 1 amide bonds. The summed E-state index contributed by atoms with van der Waals surface area (Å²) in [7, 11) is 1.63. The van der Waals surface area contributed by atoms with Crippen LogP contribution in [0.5, 0.6) is 5.75 Å². The van der Waals surface area contributed by atoms with Crippen molar-refractivity contribution in [2.75, 3.05) is 43.6 Å². The first-order valence-electron chi connectivity index (χ1n) is 8.64. The van der Waals surface area contributed by atoms with Crippen LogP contribution in [0.15, 0.2) is 48.5 Å². The molecular weight excluding hydrogens is 330 g/mol. The average molecular weight is 351 g/mol. The number of carbonyl (C=O) groups is 1. The van der Waals surface area contributed by atoms with Crippen LogP contribution in [0.3, 0.4) is 0 Å². The first-order valence-corrected chi connectivity index (χ1v) is 8.64. The van der Waals surface area contributed by atoms with Crippen LogP contribution in [0.1, 0.15) is 10.5 Å². The zero-order valence-corrected chi connectivity index (χ0v) is 14.6. The first-order chi connectivity index (χ1) is 12.7. The number of nitrogens with one attached hydrogen (secondary N) is 2. The van der Waals surface area contributed by atoms with Gasteiger partial charge in [0, 0.05) is 24.0 Å². The number of para-hydroxylation sites is 2. The molecule has 2 heterocycles. The van der Waals surface area contributed by atoms with Crippen molar-refractivity contribution < 1.29 is 14.3 Å². The highest BCUT2D eigenvalue weighted by molar-refractivity contribution is 6.07. The Morgan fingerprint density at radius 3 is 2.77 bits per heavy atom. The number of fused-ring (bicyclic) bond motifs is 1. The molecule has 2 aromatic carbocycles. The minimum atomic E-state index is -0.166. The number of H-pyrrole nitrogens is 1. The number of hydrogen-bond donors (Lipinski definition) is 2. The highest BCUT2D eigenvalue weighted by Gasteiger charge is 2.17. The largest absolute Gasteiger partial charge is 0.497 e. The lowest BCUT2D eigenvalue weighted by Gasteiger charge is -2.30. The van der Waals surface area contributed by atoms with Crippen LogP contribution >= 0.6 is 0 Å². The molecule has 0 saturated carbocycles. The summed E-state index contributed by atoms with van der Waals surface area (Å²) in [6, 6.07) is 15.4. The second-order valence-corrected chi connectivity index (χ2v) is 6.21. The fourth-order valence-electron chi connectivity index (χ4n) is 3.21. The molecule has 0 unspecified atom stereocenters. The lowest BCUT2D eigenvalue weighted by molar-refractivity contribution is 0.102. The lowest BCUT2D eigenvalue weighted by Crippen LogP contribution is -2.36. The number of benzene rings is 2. The number of carbonyl (C=O) groups excluding carboxylic acids is 1. The Bertz CT molecular complexity index is 929. The van der Waals surface area contributed by atoms with Gasteiger partial charge in [-0.25, -0.2) is 0 Å². The number of ether oxygens (including phenoxy) is 2. The summed E-state index contributed by atoms with van der Waals surface area (Å²) in [5.41, 5.74) is 3.24. The maximum Gasteiger partial charge on any atom is 0.272 e. The highest BCUT2D eigenvalue weighted by atomic mass is 16.5. The fraction of sp³-hybridized carbons (Fsp3) is 0.250. The number of morpholine rings is 1. The molecule has 3 aromatic rings. The van der Waals surface area contributed by atoms with E-state index in [0.29, 0.717) is 18.9 Å². The highest BCUT2D eigenvalue weighted by Crippen LogP contribution is 2.27.